The van der Waals surface area contributed by atoms with E-state index in [-0.39, 0.29) is 11.7 Å². The number of thiazole rings is 1. The molecular weight excluding hydrogens is 433 g/mol. The molecule has 1 N–H and O–H groups in total. The minimum atomic E-state index is -0.297. The van der Waals surface area contributed by atoms with Crippen LogP contribution < -0.4 is 5.32 Å². The number of hydrogen-bond donors (Lipinski definition) is 1. The minimum absolute atomic E-state index is 0.248. The Bertz CT molecular complexity index is 1490. The van der Waals surface area contributed by atoms with Gasteiger partial charge in [-0.05, 0) is 56.3 Å². The van der Waals surface area contributed by atoms with E-state index in [0.717, 1.165) is 43.9 Å². The molecule has 0 aliphatic heterocycles. The molecule has 3 aromatic carbocycles. The maximum Gasteiger partial charge on any atom is 0.258 e. The Balaban J connectivity index is 1.52. The van der Waals surface area contributed by atoms with Crippen molar-refractivity contribution in [3.05, 3.63) is 101 Å². The van der Waals surface area contributed by atoms with Crippen molar-refractivity contribution in [3.63, 3.8) is 0 Å². The number of aromatic nitrogens is 2. The van der Waals surface area contributed by atoms with E-state index in [4.69, 9.17) is 4.98 Å². The minimum Gasteiger partial charge on any atom is -0.298 e. The molecule has 5 rings (SSSR count). The molecule has 0 radical (unpaired) electrons. The summed E-state index contributed by atoms with van der Waals surface area (Å²) in [4.78, 5) is 23.7. The van der Waals surface area contributed by atoms with Crippen molar-refractivity contribution in [2.45, 2.75) is 13.8 Å². The molecule has 1 amide bonds. The molecule has 162 valence electrons. The van der Waals surface area contributed by atoms with Crippen LogP contribution >= 0.6 is 11.3 Å². The number of halogens is 1. The third-order valence-corrected chi connectivity index (χ3v) is 6.30. The first-order chi connectivity index (χ1) is 16.0. The van der Waals surface area contributed by atoms with Crippen LogP contribution in [0.3, 0.4) is 0 Å². The first kappa shape index (κ1) is 21.0. The summed E-state index contributed by atoms with van der Waals surface area (Å²) in [6.07, 6.45) is 0. The van der Waals surface area contributed by atoms with Crippen molar-refractivity contribution >= 4 is 33.3 Å². The fraction of sp³-hybridized carbons (Fsp3) is 0.0741. The van der Waals surface area contributed by atoms with Gasteiger partial charge in [0.25, 0.3) is 5.91 Å². The van der Waals surface area contributed by atoms with E-state index < -0.39 is 0 Å². The number of nitrogens with one attached hydrogen (secondary N) is 1. The fourth-order valence-corrected chi connectivity index (χ4v) is 4.64. The summed E-state index contributed by atoms with van der Waals surface area (Å²) in [5.74, 6) is -0.545. The molecule has 0 fully saturated rings. The van der Waals surface area contributed by atoms with Gasteiger partial charge < -0.3 is 0 Å². The van der Waals surface area contributed by atoms with Gasteiger partial charge in [-0.2, -0.15) is 0 Å². The number of fused-ring (bicyclic) bond motifs is 1. The maximum absolute atomic E-state index is 13.4. The van der Waals surface area contributed by atoms with Gasteiger partial charge in [-0.1, -0.05) is 42.0 Å². The van der Waals surface area contributed by atoms with Crippen molar-refractivity contribution < 1.29 is 9.18 Å². The molecule has 0 unspecified atom stereocenters. The zero-order valence-electron chi connectivity index (χ0n) is 18.1. The van der Waals surface area contributed by atoms with Crippen LogP contribution in [0.15, 0.2) is 78.9 Å². The molecule has 0 saturated heterocycles. The largest absolute Gasteiger partial charge is 0.298 e. The Morgan fingerprint density at radius 1 is 0.879 bits per heavy atom. The van der Waals surface area contributed by atoms with Gasteiger partial charge in [-0.15, -0.1) is 11.3 Å². The molecule has 0 spiro atoms. The van der Waals surface area contributed by atoms with E-state index in [2.05, 4.69) is 16.4 Å². The summed E-state index contributed by atoms with van der Waals surface area (Å²) in [5.41, 5.74) is 5.65. The maximum atomic E-state index is 13.4. The molecule has 5 aromatic rings. The number of hydrogen-bond acceptors (Lipinski definition) is 4. The molecule has 0 aliphatic carbocycles. The molecule has 0 bridgehead atoms. The highest BCUT2D eigenvalue weighted by molar-refractivity contribution is 7.16. The topological polar surface area (TPSA) is 54.9 Å². The fourth-order valence-electron chi connectivity index (χ4n) is 3.81. The molecule has 2 heterocycles. The van der Waals surface area contributed by atoms with Crippen LogP contribution in [0.1, 0.15) is 20.8 Å². The predicted molar refractivity (Wildman–Crippen MR) is 132 cm³/mol. The summed E-state index contributed by atoms with van der Waals surface area (Å²) in [6.45, 7) is 3.96. The zero-order chi connectivity index (χ0) is 22.9. The van der Waals surface area contributed by atoms with Crippen LogP contribution in [0.4, 0.5) is 9.52 Å². The van der Waals surface area contributed by atoms with E-state index in [9.17, 15) is 9.18 Å². The lowest BCUT2D eigenvalue weighted by Crippen LogP contribution is -2.13. The molecule has 6 heteroatoms. The Labute approximate surface area is 194 Å². The number of anilines is 1. The number of amides is 1. The lowest BCUT2D eigenvalue weighted by molar-refractivity contribution is 0.102. The van der Waals surface area contributed by atoms with Crippen molar-refractivity contribution in [1.29, 1.82) is 0 Å². The highest BCUT2D eigenvalue weighted by atomic mass is 32.1. The van der Waals surface area contributed by atoms with E-state index in [1.54, 1.807) is 12.1 Å². The quantitative estimate of drug-likeness (QED) is 0.318. The molecular formula is C27H20FN3OS. The van der Waals surface area contributed by atoms with Gasteiger partial charge in [0.15, 0.2) is 5.13 Å². The molecule has 4 nitrogen and oxygen atoms in total. The average molecular weight is 454 g/mol. The molecule has 0 atom stereocenters. The summed E-state index contributed by atoms with van der Waals surface area (Å²) in [5, 5.41) is 4.22. The second-order valence-corrected chi connectivity index (χ2v) is 9.03. The van der Waals surface area contributed by atoms with Crippen molar-refractivity contribution in [1.82, 2.24) is 9.97 Å². The van der Waals surface area contributed by atoms with Crippen LogP contribution in [0, 0.1) is 19.7 Å². The van der Waals surface area contributed by atoms with Gasteiger partial charge in [-0.3, -0.25) is 10.1 Å². The lowest BCUT2D eigenvalue weighted by atomic mass is 10.0. The Hall–Kier alpha value is -3.90. The van der Waals surface area contributed by atoms with Gasteiger partial charge in [-0.25, -0.2) is 14.4 Å². The Morgan fingerprint density at radius 3 is 2.45 bits per heavy atom. The summed E-state index contributed by atoms with van der Waals surface area (Å²) < 4.78 is 13.3. The van der Waals surface area contributed by atoms with Gasteiger partial charge >= 0.3 is 0 Å². The van der Waals surface area contributed by atoms with Crippen LogP contribution in [0.5, 0.6) is 0 Å². The smallest absolute Gasteiger partial charge is 0.258 e. The second kappa shape index (κ2) is 8.56. The lowest BCUT2D eigenvalue weighted by Gasteiger charge is -2.10. The van der Waals surface area contributed by atoms with Crippen LogP contribution in [-0.2, 0) is 0 Å². The first-order valence-corrected chi connectivity index (χ1v) is 11.3. The summed E-state index contributed by atoms with van der Waals surface area (Å²) in [7, 11) is 0. The molecule has 0 saturated carbocycles. The number of benzene rings is 3. The molecule has 2 aromatic heterocycles. The molecule has 33 heavy (non-hydrogen) atoms. The Kier molecular flexibility index (Phi) is 5.44. The van der Waals surface area contributed by atoms with Crippen LogP contribution in [0.2, 0.25) is 0 Å². The monoisotopic (exact) mass is 453 g/mol. The van der Waals surface area contributed by atoms with Crippen LogP contribution in [0.25, 0.3) is 33.4 Å². The average Bonchev–Trinajstić information content (AvgIpc) is 3.18. The van der Waals surface area contributed by atoms with Gasteiger partial charge in [0.05, 0.1) is 22.5 Å². The SMILES string of the molecule is Cc1cccc(-c2cc(C(=O)Nc3nc(-c4ccc(F)cc4)c(C)s3)c3ccccc3n2)c1. The van der Waals surface area contributed by atoms with Crippen LogP contribution in [-0.4, -0.2) is 15.9 Å². The number of rotatable bonds is 4. The number of nitrogens with zero attached hydrogens (tertiary/aromatic N) is 2. The number of para-hydroxylation sites is 1. The van der Waals surface area contributed by atoms with Crippen molar-refractivity contribution in [2.75, 3.05) is 5.32 Å². The van der Waals surface area contributed by atoms with Gasteiger partial charge in [0, 0.05) is 21.4 Å². The zero-order valence-corrected chi connectivity index (χ0v) is 18.9. The Morgan fingerprint density at radius 2 is 1.67 bits per heavy atom. The molecule has 0 aliphatic rings. The number of pyridine rings is 1. The van der Waals surface area contributed by atoms with Crippen molar-refractivity contribution in [2.24, 2.45) is 0 Å². The third kappa shape index (κ3) is 4.25. The normalized spacial score (nSPS) is 11.0. The highest BCUT2D eigenvalue weighted by Crippen LogP contribution is 2.32. The first-order valence-electron chi connectivity index (χ1n) is 10.5. The number of carbonyl (C=O) groups is 1. The predicted octanol–water partition coefficient (Wildman–Crippen LogP) is 7.03. The van der Waals surface area contributed by atoms with E-state index >= 15 is 0 Å². The van der Waals surface area contributed by atoms with Gasteiger partial charge in [0.2, 0.25) is 0 Å². The standard InChI is InChI=1S/C27H20FN3OS/c1-16-6-5-7-19(14-16)24-15-22(21-8-3-4-9-23(21)29-24)26(32)31-27-30-25(17(2)33-27)18-10-12-20(28)13-11-18/h3-15H,1-2H3,(H,30,31,32). The second-order valence-electron chi connectivity index (χ2n) is 7.83. The number of aryl methyl sites for hydroxylation is 2. The number of carbonyl (C=O) groups excluding carboxylic acids is 1. The third-order valence-electron chi connectivity index (χ3n) is 5.41. The van der Waals surface area contributed by atoms with E-state index in [1.165, 1.54) is 23.5 Å². The highest BCUT2D eigenvalue weighted by Gasteiger charge is 2.17. The van der Waals surface area contributed by atoms with E-state index in [0.29, 0.717) is 10.7 Å². The summed E-state index contributed by atoms with van der Waals surface area (Å²) >= 11 is 1.39. The van der Waals surface area contributed by atoms with Crippen molar-refractivity contribution in [3.8, 4) is 22.5 Å². The van der Waals surface area contributed by atoms with Gasteiger partial charge in [0.1, 0.15) is 5.82 Å². The summed E-state index contributed by atoms with van der Waals surface area (Å²) in [6, 6.07) is 23.7. The van der Waals surface area contributed by atoms with E-state index in [1.807, 2.05) is 62.4 Å².